The number of methoxy groups -OCH3 is 1. The van der Waals surface area contributed by atoms with Gasteiger partial charge in [-0.05, 0) is 81.7 Å². The van der Waals surface area contributed by atoms with Gasteiger partial charge in [-0.2, -0.15) is 0 Å². The van der Waals surface area contributed by atoms with Crippen molar-refractivity contribution < 1.29 is 23.4 Å². The lowest BCUT2D eigenvalue weighted by Crippen LogP contribution is -2.30. The van der Waals surface area contributed by atoms with Gasteiger partial charge in [0.05, 0.1) is 6.61 Å². The van der Waals surface area contributed by atoms with Crippen LogP contribution in [0.25, 0.3) is 5.57 Å². The van der Waals surface area contributed by atoms with Gasteiger partial charge in [-0.1, -0.05) is 6.08 Å². The van der Waals surface area contributed by atoms with Crippen molar-refractivity contribution in [1.29, 1.82) is 0 Å². The van der Waals surface area contributed by atoms with Gasteiger partial charge in [0.15, 0.2) is 6.79 Å². The molecular formula is C26H33FN2O4. The topological polar surface area (TPSA) is 60.0 Å². The third-order valence-corrected chi connectivity index (χ3v) is 5.56. The summed E-state index contributed by atoms with van der Waals surface area (Å²) in [4.78, 5) is 14.7. The molecule has 1 aliphatic heterocycles. The van der Waals surface area contributed by atoms with Gasteiger partial charge in [0.2, 0.25) is 0 Å². The van der Waals surface area contributed by atoms with Gasteiger partial charge in [0.25, 0.3) is 5.91 Å². The Morgan fingerprint density at radius 3 is 2.70 bits per heavy atom. The number of nitrogens with one attached hydrogen (secondary N) is 1. The number of ether oxygens (including phenoxy) is 3. The van der Waals surface area contributed by atoms with E-state index in [1.807, 2.05) is 19.9 Å². The molecule has 2 aromatic rings. The van der Waals surface area contributed by atoms with Crippen LogP contribution in [0.2, 0.25) is 0 Å². The van der Waals surface area contributed by atoms with Gasteiger partial charge >= 0.3 is 0 Å². The van der Waals surface area contributed by atoms with Gasteiger partial charge < -0.3 is 24.4 Å². The van der Waals surface area contributed by atoms with Crippen LogP contribution in [0.3, 0.4) is 0 Å². The molecule has 0 fully saturated rings. The molecule has 178 valence electrons. The van der Waals surface area contributed by atoms with E-state index in [9.17, 15) is 9.18 Å². The van der Waals surface area contributed by atoms with Crippen molar-refractivity contribution in [2.24, 2.45) is 0 Å². The molecule has 0 spiro atoms. The number of carbonyl (C=O) groups is 1. The lowest BCUT2D eigenvalue weighted by atomic mass is 9.94. The number of halogens is 1. The van der Waals surface area contributed by atoms with Crippen LogP contribution in [0.15, 0.2) is 42.5 Å². The number of nitrogens with zero attached hydrogens (tertiary/aromatic N) is 1. The number of benzene rings is 2. The second-order valence-electron chi connectivity index (χ2n) is 7.74. The molecule has 1 amide bonds. The van der Waals surface area contributed by atoms with E-state index in [2.05, 4.69) is 11.4 Å². The fourth-order valence-electron chi connectivity index (χ4n) is 3.84. The highest BCUT2D eigenvalue weighted by Crippen LogP contribution is 2.37. The number of fused-ring (bicyclic) bond motifs is 1. The minimum atomic E-state index is -0.344. The number of hydrogen-bond acceptors (Lipinski definition) is 5. The number of rotatable bonds is 7. The Morgan fingerprint density at radius 2 is 1.94 bits per heavy atom. The molecule has 2 aromatic carbocycles. The second kappa shape index (κ2) is 12.4. The predicted molar refractivity (Wildman–Crippen MR) is 127 cm³/mol. The van der Waals surface area contributed by atoms with Crippen LogP contribution < -0.4 is 14.8 Å². The van der Waals surface area contributed by atoms with Crippen molar-refractivity contribution in [3.63, 3.8) is 0 Å². The molecule has 0 saturated carbocycles. The average molecular weight is 457 g/mol. The molecule has 0 radical (unpaired) electrons. The molecule has 0 aliphatic carbocycles. The van der Waals surface area contributed by atoms with Crippen LogP contribution >= 0.6 is 0 Å². The van der Waals surface area contributed by atoms with Crippen LogP contribution in [0.5, 0.6) is 11.5 Å². The molecule has 0 bridgehead atoms. The van der Waals surface area contributed by atoms with Gasteiger partial charge in [-0.25, -0.2) is 4.39 Å². The van der Waals surface area contributed by atoms with Crippen LogP contribution in [0, 0.1) is 5.82 Å². The number of carbonyl (C=O) groups excluding carboxylic acids is 1. The van der Waals surface area contributed by atoms with E-state index in [-0.39, 0.29) is 18.5 Å². The van der Waals surface area contributed by atoms with Crippen molar-refractivity contribution in [3.8, 4) is 11.5 Å². The molecule has 1 N–H and O–H groups in total. The fraction of sp³-hybridized carbons (Fsp3) is 0.423. The maximum Gasteiger partial charge on any atom is 0.253 e. The third kappa shape index (κ3) is 6.33. The fourth-order valence-corrected chi connectivity index (χ4v) is 3.84. The predicted octanol–water partition coefficient (Wildman–Crippen LogP) is 4.48. The zero-order valence-electron chi connectivity index (χ0n) is 19.7. The van der Waals surface area contributed by atoms with E-state index in [1.54, 1.807) is 30.2 Å². The number of hydrogen-bond donors (Lipinski definition) is 1. The molecule has 3 rings (SSSR count). The second-order valence-corrected chi connectivity index (χ2v) is 7.74. The molecule has 0 atom stereocenters. The summed E-state index contributed by atoms with van der Waals surface area (Å²) in [6.07, 6.45) is 3.66. The minimum absolute atomic E-state index is 0.0251. The zero-order chi connectivity index (χ0) is 23.6. The molecule has 0 aromatic heterocycles. The number of amides is 1. The third-order valence-electron chi connectivity index (χ3n) is 5.56. The average Bonchev–Trinajstić information content (AvgIpc) is 2.87. The first-order valence-electron chi connectivity index (χ1n) is 11.5. The normalized spacial score (nSPS) is 15.9. The summed E-state index contributed by atoms with van der Waals surface area (Å²) in [5.74, 6) is 0.706. The first kappa shape index (κ1) is 24.7. The Kier molecular flexibility index (Phi) is 9.27. The van der Waals surface area contributed by atoms with Crippen molar-refractivity contribution in [1.82, 2.24) is 10.2 Å². The highest BCUT2D eigenvalue weighted by atomic mass is 19.1. The maximum absolute atomic E-state index is 14.3. The van der Waals surface area contributed by atoms with E-state index >= 15 is 0 Å². The largest absolute Gasteiger partial charge is 0.493 e. The quantitative estimate of drug-likeness (QED) is 0.623. The van der Waals surface area contributed by atoms with E-state index in [0.29, 0.717) is 42.3 Å². The van der Waals surface area contributed by atoms with E-state index in [1.165, 1.54) is 12.1 Å². The Hall–Kier alpha value is -2.90. The summed E-state index contributed by atoms with van der Waals surface area (Å²) in [6, 6.07) is 9.94. The maximum atomic E-state index is 14.3. The summed E-state index contributed by atoms with van der Waals surface area (Å²) < 4.78 is 31.3. The Labute approximate surface area is 195 Å². The molecule has 0 unspecified atom stereocenters. The summed E-state index contributed by atoms with van der Waals surface area (Å²) in [5.41, 5.74) is 2.73. The standard InChI is InChI=1S/C26H33FN2O4/c1-4-29(5-2)26(30)19-9-11-22(25(16-19)33-18-31-3)21-8-6-13-28-14-7-15-32-24-12-10-20(27)17-23(21)24/h8-12,16-17,28H,4-7,13-15,18H2,1-3H3/b21-8-. The lowest BCUT2D eigenvalue weighted by molar-refractivity contribution is 0.0507. The summed E-state index contributed by atoms with van der Waals surface area (Å²) >= 11 is 0. The molecular weight excluding hydrogens is 423 g/mol. The van der Waals surface area contributed by atoms with Gasteiger partial charge in [0.1, 0.15) is 17.3 Å². The van der Waals surface area contributed by atoms with Crippen molar-refractivity contribution >= 4 is 11.5 Å². The first-order valence-corrected chi connectivity index (χ1v) is 11.5. The summed E-state index contributed by atoms with van der Waals surface area (Å²) in [7, 11) is 1.54. The summed E-state index contributed by atoms with van der Waals surface area (Å²) in [6.45, 7) is 7.34. The molecule has 7 heteroatoms. The van der Waals surface area contributed by atoms with E-state index < -0.39 is 0 Å². The van der Waals surface area contributed by atoms with Crippen LogP contribution in [0.1, 0.15) is 48.2 Å². The highest BCUT2D eigenvalue weighted by Gasteiger charge is 2.20. The van der Waals surface area contributed by atoms with E-state index in [0.717, 1.165) is 37.1 Å². The molecule has 0 saturated heterocycles. The molecule has 1 heterocycles. The summed E-state index contributed by atoms with van der Waals surface area (Å²) in [5, 5.41) is 3.39. The SMILES string of the molecule is CCN(CC)C(=O)c1ccc(/C2=C/CCNCCCOc3ccc(F)cc32)c(OCOC)c1. The molecule has 6 nitrogen and oxygen atoms in total. The van der Waals surface area contributed by atoms with Crippen molar-refractivity contribution in [2.45, 2.75) is 26.7 Å². The molecule has 33 heavy (non-hydrogen) atoms. The zero-order valence-corrected chi connectivity index (χ0v) is 19.7. The Bertz CT molecular complexity index is 973. The first-order chi connectivity index (χ1) is 16.1. The Balaban J connectivity index is 2.12. The van der Waals surface area contributed by atoms with E-state index in [4.69, 9.17) is 14.2 Å². The molecule has 1 aliphatic rings. The lowest BCUT2D eigenvalue weighted by Gasteiger charge is -2.21. The van der Waals surface area contributed by atoms with Crippen LogP contribution in [-0.2, 0) is 4.74 Å². The van der Waals surface area contributed by atoms with Crippen LogP contribution in [-0.4, -0.2) is 57.5 Å². The minimum Gasteiger partial charge on any atom is -0.493 e. The highest BCUT2D eigenvalue weighted by molar-refractivity contribution is 5.96. The van der Waals surface area contributed by atoms with Crippen molar-refractivity contribution in [2.75, 3.05) is 46.7 Å². The Morgan fingerprint density at radius 1 is 1.12 bits per heavy atom. The smallest absolute Gasteiger partial charge is 0.253 e. The van der Waals surface area contributed by atoms with Gasteiger partial charge in [-0.15, -0.1) is 0 Å². The van der Waals surface area contributed by atoms with Crippen LogP contribution in [0.4, 0.5) is 4.39 Å². The van der Waals surface area contributed by atoms with Crippen molar-refractivity contribution in [3.05, 3.63) is 65.0 Å². The monoisotopic (exact) mass is 456 g/mol. The van der Waals surface area contributed by atoms with Gasteiger partial charge in [-0.3, -0.25) is 4.79 Å². The van der Waals surface area contributed by atoms with Gasteiger partial charge in [0, 0.05) is 36.9 Å².